The van der Waals surface area contributed by atoms with Crippen molar-refractivity contribution in [1.29, 1.82) is 0 Å². The Morgan fingerprint density at radius 1 is 0.933 bits per heavy atom. The SMILES string of the molecule is CC(C)(C)[C@H](NC(=O)NC1(CS(C)(=O)=O)CCCCC1)C(=O)N1C[C@H]2C([C@H]1C(=O)NC(CC1CC1)C(=O)C(N)=O)C21CCCC1. The maximum absolute atomic E-state index is 14.4. The summed E-state index contributed by atoms with van der Waals surface area (Å²) in [6.07, 6.45) is 11.1. The summed E-state index contributed by atoms with van der Waals surface area (Å²) in [6, 6.07) is -3.46. The van der Waals surface area contributed by atoms with E-state index < -0.39 is 62.5 Å². The van der Waals surface area contributed by atoms with Crippen molar-refractivity contribution in [2.75, 3.05) is 18.6 Å². The molecule has 1 aliphatic heterocycles. The molecule has 0 aromatic carbocycles. The third kappa shape index (κ3) is 7.17. The van der Waals surface area contributed by atoms with Gasteiger partial charge in [0.15, 0.2) is 0 Å². The molecule has 0 radical (unpaired) electrons. The van der Waals surface area contributed by atoms with Gasteiger partial charge in [-0.3, -0.25) is 19.2 Å². The largest absolute Gasteiger partial charge is 0.363 e. The number of nitrogens with two attached hydrogens (primary N) is 1. The summed E-state index contributed by atoms with van der Waals surface area (Å²) in [5, 5.41) is 8.63. The van der Waals surface area contributed by atoms with Gasteiger partial charge >= 0.3 is 6.03 Å². The molecule has 5 fully saturated rings. The molecule has 4 saturated carbocycles. The molecule has 1 heterocycles. The molecule has 0 aromatic rings. The molecule has 5 amide bonds. The fraction of sp³-hybridized carbons (Fsp3) is 0.844. The van der Waals surface area contributed by atoms with Gasteiger partial charge in [0, 0.05) is 12.8 Å². The minimum Gasteiger partial charge on any atom is -0.363 e. The van der Waals surface area contributed by atoms with Crippen LogP contribution in [0, 0.1) is 28.6 Å². The van der Waals surface area contributed by atoms with E-state index in [4.69, 9.17) is 5.73 Å². The molecule has 2 unspecified atom stereocenters. The molecule has 5 N–H and O–H groups in total. The second kappa shape index (κ2) is 12.2. The number of nitrogens with one attached hydrogen (secondary N) is 3. The maximum atomic E-state index is 14.4. The van der Waals surface area contributed by atoms with Crippen LogP contribution in [-0.4, -0.2) is 85.1 Å². The van der Waals surface area contributed by atoms with Crippen LogP contribution in [0.4, 0.5) is 4.79 Å². The third-order valence-corrected chi connectivity index (χ3v) is 12.2. The quantitative estimate of drug-likeness (QED) is 0.246. The van der Waals surface area contributed by atoms with Gasteiger partial charge in [-0.2, -0.15) is 0 Å². The van der Waals surface area contributed by atoms with Crippen LogP contribution >= 0.6 is 0 Å². The Morgan fingerprint density at radius 2 is 1.53 bits per heavy atom. The molecule has 4 aliphatic carbocycles. The van der Waals surface area contributed by atoms with Gasteiger partial charge in [-0.1, -0.05) is 65.7 Å². The first-order valence-electron chi connectivity index (χ1n) is 16.7. The van der Waals surface area contributed by atoms with E-state index >= 15 is 0 Å². The van der Waals surface area contributed by atoms with Crippen molar-refractivity contribution in [3.05, 3.63) is 0 Å². The van der Waals surface area contributed by atoms with Crippen LogP contribution in [0.25, 0.3) is 0 Å². The number of fused-ring (bicyclic) bond motifs is 3. The van der Waals surface area contributed by atoms with Crippen LogP contribution in [0.1, 0.15) is 97.8 Å². The van der Waals surface area contributed by atoms with E-state index in [0.717, 1.165) is 64.0 Å². The lowest BCUT2D eigenvalue weighted by molar-refractivity contribution is -0.145. The van der Waals surface area contributed by atoms with Crippen molar-refractivity contribution in [3.8, 4) is 0 Å². The average molecular weight is 650 g/mol. The number of primary amides is 1. The molecule has 13 heteroatoms. The van der Waals surface area contributed by atoms with Crippen molar-refractivity contribution in [2.24, 2.45) is 34.3 Å². The second-order valence-electron chi connectivity index (χ2n) is 15.8. The van der Waals surface area contributed by atoms with Crippen LogP contribution in [-0.2, 0) is 29.0 Å². The number of rotatable bonds is 11. The molecule has 0 bridgehead atoms. The predicted molar refractivity (Wildman–Crippen MR) is 167 cm³/mol. The van der Waals surface area contributed by atoms with Gasteiger partial charge in [-0.15, -0.1) is 0 Å². The number of amides is 5. The predicted octanol–water partition coefficient (Wildman–Crippen LogP) is 1.80. The second-order valence-corrected chi connectivity index (χ2v) is 17.9. The van der Waals surface area contributed by atoms with Crippen molar-refractivity contribution in [3.63, 3.8) is 0 Å². The first-order chi connectivity index (χ1) is 21.0. The number of sulfone groups is 1. The smallest absolute Gasteiger partial charge is 0.315 e. The third-order valence-electron chi connectivity index (χ3n) is 11.1. The highest BCUT2D eigenvalue weighted by atomic mass is 32.2. The number of urea groups is 1. The minimum atomic E-state index is -3.38. The summed E-state index contributed by atoms with van der Waals surface area (Å²) in [6.45, 7) is 5.89. The lowest BCUT2D eigenvalue weighted by Gasteiger charge is -2.40. The topological polar surface area (TPSA) is 185 Å². The number of ketones is 1. The Labute approximate surface area is 266 Å². The molecule has 1 spiro atoms. The summed E-state index contributed by atoms with van der Waals surface area (Å²) in [5.74, 6) is -2.58. The summed E-state index contributed by atoms with van der Waals surface area (Å²) < 4.78 is 24.6. The highest BCUT2D eigenvalue weighted by molar-refractivity contribution is 7.90. The highest BCUT2D eigenvalue weighted by Crippen LogP contribution is 2.72. The number of nitrogens with zero attached hydrogens (tertiary/aromatic N) is 1. The summed E-state index contributed by atoms with van der Waals surface area (Å²) in [5.41, 5.74) is 3.69. The standard InChI is InChI=1S/C32H51N5O7S/c1-30(2,3)25(35-29(42)36-31(18-45(4,43)44)12-6-5-7-13-31)28(41)37-17-20-22(32(20)14-8-9-15-32)23(37)27(40)34-21(16-19-10-11-19)24(38)26(33)39/h19-23,25H,5-18H2,1-4H3,(H2,33,39)(H,34,40)(H2,35,36,42)/t20-,21?,22?,23-,25+/m0/s1. The monoisotopic (exact) mass is 649 g/mol. The fourth-order valence-corrected chi connectivity index (χ4v) is 10.2. The first kappa shape index (κ1) is 33.7. The van der Waals surface area contributed by atoms with Crippen molar-refractivity contribution in [1.82, 2.24) is 20.9 Å². The first-order valence-corrected chi connectivity index (χ1v) is 18.7. The normalized spacial score (nSPS) is 28.1. The average Bonchev–Trinajstić information content (AvgIpc) is 3.70. The lowest BCUT2D eigenvalue weighted by Crippen LogP contribution is -2.63. The Morgan fingerprint density at radius 3 is 2.07 bits per heavy atom. The van der Waals surface area contributed by atoms with E-state index in [1.807, 2.05) is 20.8 Å². The zero-order valence-corrected chi connectivity index (χ0v) is 28.0. The summed E-state index contributed by atoms with van der Waals surface area (Å²) >= 11 is 0. The Bertz CT molecular complexity index is 1330. The number of likely N-dealkylation sites (tertiary alicyclic amines) is 1. The van der Waals surface area contributed by atoms with Crippen LogP contribution in [0.2, 0.25) is 0 Å². The van der Waals surface area contributed by atoms with Gasteiger partial charge in [0.25, 0.3) is 5.91 Å². The fourth-order valence-electron chi connectivity index (χ4n) is 8.84. The molecule has 5 rings (SSSR count). The van der Waals surface area contributed by atoms with Crippen LogP contribution in [0.5, 0.6) is 0 Å². The van der Waals surface area contributed by atoms with Crippen molar-refractivity contribution in [2.45, 2.75) is 121 Å². The van der Waals surface area contributed by atoms with E-state index in [1.54, 1.807) is 4.90 Å². The van der Waals surface area contributed by atoms with Crippen LogP contribution in [0.3, 0.4) is 0 Å². The molecule has 5 aliphatic rings. The van der Waals surface area contributed by atoms with Gasteiger partial charge in [0.05, 0.1) is 17.3 Å². The van der Waals surface area contributed by atoms with Crippen LogP contribution in [0.15, 0.2) is 0 Å². The van der Waals surface area contributed by atoms with Gasteiger partial charge in [-0.25, -0.2) is 13.2 Å². The molecular weight excluding hydrogens is 598 g/mol. The lowest BCUT2D eigenvalue weighted by atomic mass is 9.83. The van der Waals surface area contributed by atoms with Gasteiger partial charge in [-0.05, 0) is 60.7 Å². The van der Waals surface area contributed by atoms with Crippen molar-refractivity contribution < 1.29 is 32.4 Å². The zero-order valence-electron chi connectivity index (χ0n) is 27.2. The van der Waals surface area contributed by atoms with E-state index in [-0.39, 0.29) is 34.8 Å². The van der Waals surface area contributed by atoms with E-state index in [2.05, 4.69) is 16.0 Å². The maximum Gasteiger partial charge on any atom is 0.315 e. The van der Waals surface area contributed by atoms with Gasteiger partial charge in [0.2, 0.25) is 17.6 Å². The van der Waals surface area contributed by atoms with Crippen molar-refractivity contribution >= 4 is 39.4 Å². The van der Waals surface area contributed by atoms with E-state index in [1.165, 1.54) is 0 Å². The van der Waals surface area contributed by atoms with E-state index in [0.29, 0.717) is 25.8 Å². The number of piperidine rings is 1. The molecule has 5 atom stereocenters. The highest BCUT2D eigenvalue weighted by Gasteiger charge is 2.74. The molecule has 45 heavy (non-hydrogen) atoms. The minimum absolute atomic E-state index is 0.000484. The molecule has 12 nitrogen and oxygen atoms in total. The number of hydrogen-bond donors (Lipinski definition) is 4. The molecule has 1 saturated heterocycles. The Balaban J connectivity index is 1.37. The van der Waals surface area contributed by atoms with Gasteiger partial charge in [0.1, 0.15) is 21.9 Å². The number of carbonyl (C=O) groups is 5. The Hall–Kier alpha value is -2.70. The number of Topliss-reactive ketones (excluding diaryl/α,β-unsaturated/α-hetero) is 1. The summed E-state index contributed by atoms with van der Waals surface area (Å²) in [7, 11) is -3.38. The molecular formula is C32H51N5O7S. The molecule has 0 aromatic heterocycles. The number of carbonyl (C=O) groups excluding carboxylic acids is 5. The number of hydrogen-bond acceptors (Lipinski definition) is 7. The van der Waals surface area contributed by atoms with Gasteiger partial charge < -0.3 is 26.6 Å². The zero-order chi connectivity index (χ0) is 32.9. The molecule has 252 valence electrons. The summed E-state index contributed by atoms with van der Waals surface area (Å²) in [4.78, 5) is 68.0. The Kier molecular flexibility index (Phi) is 9.09. The van der Waals surface area contributed by atoms with E-state index in [9.17, 15) is 32.4 Å². The van der Waals surface area contributed by atoms with Crippen LogP contribution < -0.4 is 21.7 Å².